The van der Waals surface area contributed by atoms with Crippen molar-refractivity contribution in [2.24, 2.45) is 14.1 Å². The van der Waals surface area contributed by atoms with Gasteiger partial charge in [-0.25, -0.2) is 4.79 Å². The minimum Gasteiger partial charge on any atom is -0.383 e. The minimum atomic E-state index is -0.391. The third-order valence-electron chi connectivity index (χ3n) is 5.27. The minimum absolute atomic E-state index is 0.354. The molecule has 146 valence electrons. The molecule has 0 saturated heterocycles. The summed E-state index contributed by atoms with van der Waals surface area (Å²) >= 11 is 0. The molecule has 1 aromatic carbocycles. The zero-order valence-electron chi connectivity index (χ0n) is 16.7. The lowest BCUT2D eigenvalue weighted by atomic mass is 10.1. The van der Waals surface area contributed by atoms with Gasteiger partial charge in [-0.3, -0.25) is 18.3 Å². The summed E-state index contributed by atoms with van der Waals surface area (Å²) in [5, 5.41) is 0. The Balaban J connectivity index is 2.16. The first kappa shape index (κ1) is 18.2. The van der Waals surface area contributed by atoms with Gasteiger partial charge in [-0.2, -0.15) is 4.98 Å². The maximum absolute atomic E-state index is 12.9. The van der Waals surface area contributed by atoms with Crippen LogP contribution in [0.5, 0.6) is 0 Å². The lowest BCUT2D eigenvalue weighted by Gasteiger charge is -2.10. The van der Waals surface area contributed by atoms with Crippen LogP contribution in [0.4, 0.5) is 0 Å². The van der Waals surface area contributed by atoms with Crippen molar-refractivity contribution in [1.82, 2.24) is 23.1 Å². The second-order valence-corrected chi connectivity index (χ2v) is 7.07. The molecule has 0 aliphatic heterocycles. The van der Waals surface area contributed by atoms with Gasteiger partial charge in [0.25, 0.3) is 5.56 Å². The Kier molecular flexibility index (Phi) is 4.23. The van der Waals surface area contributed by atoms with Crippen LogP contribution in [0.2, 0.25) is 0 Å². The summed E-state index contributed by atoms with van der Waals surface area (Å²) in [6.45, 7) is 5.10. The van der Waals surface area contributed by atoms with Crippen molar-refractivity contribution in [2.75, 3.05) is 13.7 Å². The molecule has 8 nitrogen and oxygen atoms in total. The summed E-state index contributed by atoms with van der Waals surface area (Å²) in [4.78, 5) is 29.9. The van der Waals surface area contributed by atoms with E-state index >= 15 is 0 Å². The number of ether oxygens (including phenoxy) is 1. The van der Waals surface area contributed by atoms with Gasteiger partial charge in [-0.15, -0.1) is 0 Å². The standard InChI is InChI=1S/C20H23N5O3/c1-12-6-8-14(9-7-12)15-13(2)25-16-17(21-19(25)24(15)10-11-28-5)22(3)20(27)23(4)18(16)26/h6-9H,10-11H2,1-5H3. The van der Waals surface area contributed by atoms with Crippen LogP contribution in [0.1, 0.15) is 11.3 Å². The van der Waals surface area contributed by atoms with E-state index in [0.717, 1.165) is 21.5 Å². The van der Waals surface area contributed by atoms with Crippen molar-refractivity contribution in [1.29, 1.82) is 0 Å². The van der Waals surface area contributed by atoms with Gasteiger partial charge in [0, 0.05) is 39.0 Å². The monoisotopic (exact) mass is 381 g/mol. The van der Waals surface area contributed by atoms with Gasteiger partial charge >= 0.3 is 5.69 Å². The van der Waals surface area contributed by atoms with E-state index in [1.165, 1.54) is 17.2 Å². The van der Waals surface area contributed by atoms with Crippen LogP contribution in [-0.2, 0) is 25.4 Å². The zero-order chi connectivity index (χ0) is 20.2. The molecular weight excluding hydrogens is 358 g/mol. The molecule has 0 N–H and O–H groups in total. The first-order chi connectivity index (χ1) is 13.4. The number of imidazole rings is 2. The molecular formula is C20H23N5O3. The quantitative estimate of drug-likeness (QED) is 0.538. The van der Waals surface area contributed by atoms with Crippen LogP contribution in [0.3, 0.4) is 0 Å². The van der Waals surface area contributed by atoms with Crippen molar-refractivity contribution in [2.45, 2.75) is 20.4 Å². The second-order valence-electron chi connectivity index (χ2n) is 7.07. The summed E-state index contributed by atoms with van der Waals surface area (Å²) in [5.41, 5.74) is 4.14. The Morgan fingerprint density at radius 2 is 1.71 bits per heavy atom. The third-order valence-corrected chi connectivity index (χ3v) is 5.27. The van der Waals surface area contributed by atoms with E-state index in [2.05, 4.69) is 29.2 Å². The van der Waals surface area contributed by atoms with E-state index in [1.54, 1.807) is 14.2 Å². The number of aromatic nitrogens is 5. The van der Waals surface area contributed by atoms with Crippen LogP contribution in [0.25, 0.3) is 28.2 Å². The summed E-state index contributed by atoms with van der Waals surface area (Å²) in [6.07, 6.45) is 0. The predicted molar refractivity (Wildman–Crippen MR) is 108 cm³/mol. The van der Waals surface area contributed by atoms with Crippen LogP contribution >= 0.6 is 0 Å². The summed E-state index contributed by atoms with van der Waals surface area (Å²) < 4.78 is 11.7. The molecule has 0 aliphatic rings. The average molecular weight is 381 g/mol. The third kappa shape index (κ3) is 2.45. The Hall–Kier alpha value is -3.13. The lowest BCUT2D eigenvalue weighted by molar-refractivity contribution is 0.188. The molecule has 0 amide bonds. The molecule has 0 bridgehead atoms. The van der Waals surface area contributed by atoms with Crippen molar-refractivity contribution in [3.63, 3.8) is 0 Å². The number of hydrogen-bond donors (Lipinski definition) is 0. The van der Waals surface area contributed by atoms with Gasteiger partial charge in [0.15, 0.2) is 11.2 Å². The van der Waals surface area contributed by atoms with Crippen LogP contribution in [0.15, 0.2) is 33.9 Å². The molecule has 0 unspecified atom stereocenters. The number of hydrogen-bond acceptors (Lipinski definition) is 4. The Morgan fingerprint density at radius 1 is 1.04 bits per heavy atom. The highest BCUT2D eigenvalue weighted by molar-refractivity contribution is 5.79. The van der Waals surface area contributed by atoms with E-state index in [-0.39, 0.29) is 5.56 Å². The number of methoxy groups -OCH3 is 1. The molecule has 4 aromatic rings. The van der Waals surface area contributed by atoms with Gasteiger partial charge in [-0.05, 0) is 13.8 Å². The fraction of sp³-hybridized carbons (Fsp3) is 0.350. The van der Waals surface area contributed by atoms with Gasteiger partial charge in [0.1, 0.15) is 0 Å². The zero-order valence-corrected chi connectivity index (χ0v) is 16.7. The number of fused-ring (bicyclic) bond motifs is 3. The van der Waals surface area contributed by atoms with E-state index in [4.69, 9.17) is 4.74 Å². The molecule has 0 spiro atoms. The molecule has 3 aromatic heterocycles. The van der Waals surface area contributed by atoms with E-state index < -0.39 is 5.69 Å². The highest BCUT2D eigenvalue weighted by Gasteiger charge is 2.23. The first-order valence-corrected chi connectivity index (χ1v) is 9.10. The topological polar surface area (TPSA) is 75.5 Å². The largest absolute Gasteiger partial charge is 0.383 e. The van der Waals surface area contributed by atoms with Gasteiger partial charge in [0.05, 0.1) is 12.3 Å². The fourth-order valence-corrected chi connectivity index (χ4v) is 3.75. The molecule has 3 heterocycles. The van der Waals surface area contributed by atoms with Crippen molar-refractivity contribution in [3.05, 3.63) is 56.4 Å². The second kappa shape index (κ2) is 6.49. The Morgan fingerprint density at radius 3 is 2.36 bits per heavy atom. The summed E-state index contributed by atoms with van der Waals surface area (Å²) in [6, 6.07) is 8.25. The van der Waals surface area contributed by atoms with Crippen LogP contribution < -0.4 is 11.2 Å². The first-order valence-electron chi connectivity index (χ1n) is 9.10. The van der Waals surface area contributed by atoms with Crippen LogP contribution in [0, 0.1) is 13.8 Å². The van der Waals surface area contributed by atoms with Crippen LogP contribution in [-0.4, -0.2) is 36.8 Å². The SMILES string of the molecule is COCCn1c(-c2ccc(C)cc2)c(C)n2c3c(=O)n(C)c(=O)n(C)c3nc12. The maximum Gasteiger partial charge on any atom is 0.332 e. The highest BCUT2D eigenvalue weighted by atomic mass is 16.5. The maximum atomic E-state index is 12.9. The van der Waals surface area contributed by atoms with E-state index in [1.807, 2.05) is 22.8 Å². The molecule has 0 atom stereocenters. The van der Waals surface area contributed by atoms with Crippen molar-refractivity contribution in [3.8, 4) is 11.3 Å². The molecule has 4 rings (SSSR count). The number of aryl methyl sites for hydroxylation is 3. The molecule has 0 aliphatic carbocycles. The molecule has 0 radical (unpaired) electrons. The summed E-state index contributed by atoms with van der Waals surface area (Å²) in [7, 11) is 4.77. The molecule has 0 saturated carbocycles. The van der Waals surface area contributed by atoms with Gasteiger partial charge in [-0.1, -0.05) is 29.8 Å². The summed E-state index contributed by atoms with van der Waals surface area (Å²) in [5.74, 6) is 0.624. The van der Waals surface area contributed by atoms with E-state index in [9.17, 15) is 9.59 Å². The predicted octanol–water partition coefficient (Wildman–Crippen LogP) is 1.62. The number of rotatable bonds is 4. The van der Waals surface area contributed by atoms with Gasteiger partial charge in [0.2, 0.25) is 5.78 Å². The van der Waals surface area contributed by atoms with Gasteiger partial charge < -0.3 is 9.30 Å². The molecule has 8 heteroatoms. The number of benzene rings is 1. The lowest BCUT2D eigenvalue weighted by Crippen LogP contribution is -2.37. The highest BCUT2D eigenvalue weighted by Crippen LogP contribution is 2.29. The van der Waals surface area contributed by atoms with Crippen molar-refractivity contribution < 1.29 is 4.74 Å². The molecule has 28 heavy (non-hydrogen) atoms. The Bertz CT molecular complexity index is 1320. The average Bonchev–Trinajstić information content (AvgIpc) is 3.20. The Labute approximate surface area is 161 Å². The number of nitrogens with zero attached hydrogens (tertiary/aromatic N) is 5. The fourth-order valence-electron chi connectivity index (χ4n) is 3.75. The van der Waals surface area contributed by atoms with Crippen molar-refractivity contribution >= 4 is 16.9 Å². The normalized spacial score (nSPS) is 11.8. The molecule has 0 fully saturated rings. The smallest absolute Gasteiger partial charge is 0.332 e. The van der Waals surface area contributed by atoms with E-state index in [0.29, 0.717) is 30.1 Å².